The fraction of sp³-hybridized carbons (Fsp3) is 0.450. The second-order valence-corrected chi connectivity index (χ2v) is 7.04. The van der Waals surface area contributed by atoms with Crippen LogP contribution in [0.25, 0.3) is 10.8 Å². The van der Waals surface area contributed by atoms with Gasteiger partial charge in [0.25, 0.3) is 0 Å². The number of piperidine rings is 1. The molecule has 3 rings (SSSR count). The van der Waals surface area contributed by atoms with Crippen LogP contribution < -0.4 is 10.6 Å². The molecule has 0 radical (unpaired) electrons. The number of hydrogen-bond acceptors (Lipinski definition) is 3. The molecule has 5 heteroatoms. The minimum Gasteiger partial charge on any atom is -0.335 e. The number of carbonyl (C=O) groups is 1. The fourth-order valence-corrected chi connectivity index (χ4v) is 3.32. The van der Waals surface area contributed by atoms with Gasteiger partial charge in [0.05, 0.1) is 5.69 Å². The molecule has 134 valence electrons. The number of rotatable bonds is 5. The molecule has 1 aliphatic heterocycles. The smallest absolute Gasteiger partial charge is 0.319 e. The summed E-state index contributed by atoms with van der Waals surface area (Å²) in [5, 5.41) is 8.35. The summed E-state index contributed by atoms with van der Waals surface area (Å²) in [5.41, 5.74) is 0.860. The van der Waals surface area contributed by atoms with Gasteiger partial charge in [0.2, 0.25) is 0 Å². The van der Waals surface area contributed by atoms with Crippen molar-refractivity contribution in [1.29, 1.82) is 0 Å². The van der Waals surface area contributed by atoms with E-state index in [1.807, 2.05) is 30.3 Å². The summed E-state index contributed by atoms with van der Waals surface area (Å²) in [4.78, 5) is 17.1. The van der Waals surface area contributed by atoms with Crippen LogP contribution in [-0.2, 0) is 0 Å². The van der Waals surface area contributed by atoms with Crippen LogP contribution in [0.3, 0.4) is 0 Å². The zero-order valence-electron chi connectivity index (χ0n) is 15.2. The number of nitrogens with one attached hydrogen (secondary N) is 2. The van der Waals surface area contributed by atoms with Gasteiger partial charge in [0, 0.05) is 37.6 Å². The zero-order chi connectivity index (χ0) is 17.6. The number of likely N-dealkylation sites (tertiary alicyclic amines) is 1. The number of anilines is 1. The fourth-order valence-electron chi connectivity index (χ4n) is 3.32. The van der Waals surface area contributed by atoms with Crippen molar-refractivity contribution in [1.82, 2.24) is 15.1 Å². The van der Waals surface area contributed by atoms with Crippen LogP contribution >= 0.6 is 0 Å². The number of carbonyl (C=O) groups excluding carboxylic acids is 1. The van der Waals surface area contributed by atoms with Crippen molar-refractivity contribution in [2.45, 2.75) is 18.9 Å². The number of nitrogens with zero attached hydrogens (tertiary/aromatic N) is 2. The second-order valence-electron chi connectivity index (χ2n) is 7.04. The van der Waals surface area contributed by atoms with Gasteiger partial charge in [0.1, 0.15) is 0 Å². The summed E-state index contributed by atoms with van der Waals surface area (Å²) in [6, 6.07) is 14.2. The lowest BCUT2D eigenvalue weighted by molar-refractivity contribution is 0.182. The Balaban J connectivity index is 1.50. The van der Waals surface area contributed by atoms with E-state index in [2.05, 4.69) is 46.7 Å². The average Bonchev–Trinajstić information content (AvgIpc) is 2.61. The van der Waals surface area contributed by atoms with E-state index in [4.69, 9.17) is 0 Å². The maximum atomic E-state index is 12.4. The number of hydrogen-bond donors (Lipinski definition) is 2. The molecule has 1 aliphatic rings. The van der Waals surface area contributed by atoms with E-state index >= 15 is 0 Å². The summed E-state index contributed by atoms with van der Waals surface area (Å²) >= 11 is 0. The molecule has 0 bridgehead atoms. The molecular formula is C20H28N4O. The number of benzene rings is 2. The van der Waals surface area contributed by atoms with Crippen molar-refractivity contribution in [2.24, 2.45) is 0 Å². The number of urea groups is 1. The normalized spacial score (nSPS) is 16.3. The minimum absolute atomic E-state index is 0.108. The van der Waals surface area contributed by atoms with E-state index in [-0.39, 0.29) is 12.1 Å². The van der Waals surface area contributed by atoms with Gasteiger partial charge >= 0.3 is 6.03 Å². The van der Waals surface area contributed by atoms with Crippen LogP contribution in [0.15, 0.2) is 42.5 Å². The van der Waals surface area contributed by atoms with Gasteiger partial charge in [0.15, 0.2) is 0 Å². The molecule has 1 fully saturated rings. The SMILES string of the molecule is CN(C)CCN1CCC(NC(=O)Nc2cccc3ccccc23)CC1. The Morgan fingerprint density at radius 1 is 1.12 bits per heavy atom. The topological polar surface area (TPSA) is 47.6 Å². The Morgan fingerprint density at radius 2 is 1.84 bits per heavy atom. The Labute approximate surface area is 150 Å². The molecule has 0 saturated carbocycles. The lowest BCUT2D eigenvalue weighted by Crippen LogP contribution is -2.47. The molecule has 5 nitrogen and oxygen atoms in total. The number of amides is 2. The first-order valence-corrected chi connectivity index (χ1v) is 9.04. The number of fused-ring (bicyclic) bond motifs is 1. The van der Waals surface area contributed by atoms with Crippen LogP contribution in [0.4, 0.5) is 10.5 Å². The largest absolute Gasteiger partial charge is 0.335 e. The maximum absolute atomic E-state index is 12.4. The van der Waals surface area contributed by atoms with Crippen LogP contribution in [0.1, 0.15) is 12.8 Å². The first-order valence-electron chi connectivity index (χ1n) is 9.04. The van der Waals surface area contributed by atoms with E-state index in [0.717, 1.165) is 55.5 Å². The van der Waals surface area contributed by atoms with Crippen molar-refractivity contribution >= 4 is 22.5 Å². The molecular weight excluding hydrogens is 312 g/mol. The molecule has 0 aliphatic carbocycles. The van der Waals surface area contributed by atoms with E-state index in [9.17, 15) is 4.79 Å². The molecule has 2 amide bonds. The van der Waals surface area contributed by atoms with E-state index < -0.39 is 0 Å². The van der Waals surface area contributed by atoms with Gasteiger partial charge in [-0.1, -0.05) is 36.4 Å². The highest BCUT2D eigenvalue weighted by Gasteiger charge is 2.20. The van der Waals surface area contributed by atoms with Crippen LogP contribution in [0.2, 0.25) is 0 Å². The first kappa shape index (κ1) is 17.7. The van der Waals surface area contributed by atoms with Gasteiger partial charge < -0.3 is 20.4 Å². The van der Waals surface area contributed by atoms with Crippen molar-refractivity contribution in [2.75, 3.05) is 45.6 Å². The molecule has 0 unspecified atom stereocenters. The zero-order valence-corrected chi connectivity index (χ0v) is 15.2. The van der Waals surface area contributed by atoms with Crippen molar-refractivity contribution in [3.63, 3.8) is 0 Å². The first-order chi connectivity index (χ1) is 12.1. The summed E-state index contributed by atoms with van der Waals surface area (Å²) in [5.74, 6) is 0. The summed E-state index contributed by atoms with van der Waals surface area (Å²) in [6.45, 7) is 4.28. The third-order valence-electron chi connectivity index (χ3n) is 4.82. The molecule has 0 atom stereocenters. The monoisotopic (exact) mass is 340 g/mol. The molecule has 2 N–H and O–H groups in total. The molecule has 0 spiro atoms. The Morgan fingerprint density at radius 3 is 2.60 bits per heavy atom. The van der Waals surface area contributed by atoms with E-state index in [1.165, 1.54) is 0 Å². The second kappa shape index (κ2) is 8.32. The van der Waals surface area contributed by atoms with Crippen LogP contribution in [0.5, 0.6) is 0 Å². The van der Waals surface area contributed by atoms with Crippen LogP contribution in [0, 0.1) is 0 Å². The summed E-state index contributed by atoms with van der Waals surface area (Å²) in [6.07, 6.45) is 2.02. The standard InChI is InChI=1S/C20H28N4O/c1-23(2)14-15-24-12-10-17(11-13-24)21-20(25)22-19-9-5-7-16-6-3-4-8-18(16)19/h3-9,17H,10-15H2,1-2H3,(H2,21,22,25). The highest BCUT2D eigenvalue weighted by Crippen LogP contribution is 2.23. The molecule has 25 heavy (non-hydrogen) atoms. The predicted molar refractivity (Wildman–Crippen MR) is 104 cm³/mol. The Hall–Kier alpha value is -2.11. The van der Waals surface area contributed by atoms with E-state index in [1.54, 1.807) is 0 Å². The molecule has 2 aromatic carbocycles. The third kappa shape index (κ3) is 4.94. The lowest BCUT2D eigenvalue weighted by atomic mass is 10.1. The highest BCUT2D eigenvalue weighted by atomic mass is 16.2. The Kier molecular flexibility index (Phi) is 5.89. The van der Waals surface area contributed by atoms with Crippen molar-refractivity contribution < 1.29 is 4.79 Å². The quantitative estimate of drug-likeness (QED) is 0.880. The van der Waals surface area contributed by atoms with Gasteiger partial charge in [-0.3, -0.25) is 0 Å². The van der Waals surface area contributed by atoms with Gasteiger partial charge in [-0.25, -0.2) is 4.79 Å². The number of likely N-dealkylation sites (N-methyl/N-ethyl adjacent to an activating group) is 1. The molecule has 1 heterocycles. The van der Waals surface area contributed by atoms with Gasteiger partial charge in [-0.15, -0.1) is 0 Å². The summed E-state index contributed by atoms with van der Waals surface area (Å²) < 4.78 is 0. The van der Waals surface area contributed by atoms with Crippen LogP contribution in [-0.4, -0.2) is 62.1 Å². The van der Waals surface area contributed by atoms with E-state index in [0.29, 0.717) is 0 Å². The third-order valence-corrected chi connectivity index (χ3v) is 4.82. The lowest BCUT2D eigenvalue weighted by Gasteiger charge is -2.32. The Bertz CT molecular complexity index is 702. The van der Waals surface area contributed by atoms with Crippen molar-refractivity contribution in [3.05, 3.63) is 42.5 Å². The van der Waals surface area contributed by atoms with Crippen molar-refractivity contribution in [3.8, 4) is 0 Å². The minimum atomic E-state index is -0.108. The molecule has 0 aromatic heterocycles. The molecule has 2 aromatic rings. The average molecular weight is 340 g/mol. The highest BCUT2D eigenvalue weighted by molar-refractivity contribution is 6.01. The predicted octanol–water partition coefficient (Wildman–Crippen LogP) is 2.99. The van der Waals surface area contributed by atoms with Gasteiger partial charge in [-0.2, -0.15) is 0 Å². The van der Waals surface area contributed by atoms with Gasteiger partial charge in [-0.05, 0) is 38.4 Å². The summed E-state index contributed by atoms with van der Waals surface area (Å²) in [7, 11) is 4.21. The molecule has 1 saturated heterocycles. The maximum Gasteiger partial charge on any atom is 0.319 e.